The Labute approximate surface area is 254 Å². The molecule has 0 radical (unpaired) electrons. The van der Waals surface area contributed by atoms with Gasteiger partial charge in [0.1, 0.15) is 23.9 Å². The second-order valence-electron chi connectivity index (χ2n) is 9.71. The number of benzene rings is 5. The summed E-state index contributed by atoms with van der Waals surface area (Å²) in [6.45, 7) is 2.44. The molecule has 1 amide bonds. The van der Waals surface area contributed by atoms with Crippen molar-refractivity contribution in [1.82, 2.24) is 5.43 Å². The van der Waals surface area contributed by atoms with Crippen molar-refractivity contribution >= 4 is 24.1 Å². The number of ether oxygens (including phenoxy) is 3. The Morgan fingerprint density at radius 1 is 0.659 bits per heavy atom. The normalized spacial score (nSPS) is 10.7. The van der Waals surface area contributed by atoms with Gasteiger partial charge in [-0.15, -0.1) is 0 Å². The van der Waals surface area contributed by atoms with Crippen LogP contribution < -0.4 is 19.6 Å². The lowest BCUT2D eigenvalue weighted by molar-refractivity contribution is 0.0732. The van der Waals surface area contributed by atoms with Crippen molar-refractivity contribution in [3.63, 3.8) is 0 Å². The summed E-state index contributed by atoms with van der Waals surface area (Å²) >= 11 is 0. The SMILES string of the molecule is Cc1ccc(COc2ccc(C(=O)NN=Cc3ccc(OC(=O)c4ccccc4)cc3OC(=O)c3ccccc3)cc2)cc1. The van der Waals surface area contributed by atoms with Crippen molar-refractivity contribution in [3.8, 4) is 17.2 Å². The molecular formula is C36H28N2O6. The van der Waals surface area contributed by atoms with Crippen LogP contribution >= 0.6 is 0 Å². The van der Waals surface area contributed by atoms with Gasteiger partial charge in [0.15, 0.2) is 0 Å². The lowest BCUT2D eigenvalue weighted by Crippen LogP contribution is -2.17. The minimum atomic E-state index is -0.611. The quantitative estimate of drug-likeness (QED) is 0.0841. The molecule has 0 saturated heterocycles. The Morgan fingerprint density at radius 3 is 1.89 bits per heavy atom. The molecule has 0 unspecified atom stereocenters. The maximum Gasteiger partial charge on any atom is 0.343 e. The average molecular weight is 585 g/mol. The fraction of sp³-hybridized carbons (Fsp3) is 0.0556. The van der Waals surface area contributed by atoms with Crippen molar-refractivity contribution in [1.29, 1.82) is 0 Å². The molecule has 0 atom stereocenters. The first kappa shape index (κ1) is 29.5. The number of carbonyl (C=O) groups is 3. The Kier molecular flexibility index (Phi) is 9.54. The number of aryl methyl sites for hydroxylation is 1. The highest BCUT2D eigenvalue weighted by Gasteiger charge is 2.15. The van der Waals surface area contributed by atoms with Crippen LogP contribution in [-0.4, -0.2) is 24.1 Å². The van der Waals surface area contributed by atoms with Crippen LogP contribution in [0.4, 0.5) is 0 Å². The van der Waals surface area contributed by atoms with Gasteiger partial charge < -0.3 is 14.2 Å². The number of hydrazone groups is 1. The van der Waals surface area contributed by atoms with Crippen LogP contribution in [0.1, 0.15) is 47.8 Å². The van der Waals surface area contributed by atoms with Crippen LogP contribution in [-0.2, 0) is 6.61 Å². The summed E-state index contributed by atoms with van der Waals surface area (Å²) in [5.41, 5.74) is 6.15. The highest BCUT2D eigenvalue weighted by atomic mass is 16.5. The number of hydrogen-bond acceptors (Lipinski definition) is 7. The van der Waals surface area contributed by atoms with Crippen LogP contribution in [0.25, 0.3) is 0 Å². The molecule has 8 heteroatoms. The van der Waals surface area contributed by atoms with E-state index in [1.54, 1.807) is 97.1 Å². The van der Waals surface area contributed by atoms with E-state index in [-0.39, 0.29) is 11.5 Å². The summed E-state index contributed by atoms with van der Waals surface area (Å²) in [5, 5.41) is 4.05. The van der Waals surface area contributed by atoms with E-state index < -0.39 is 17.8 Å². The highest BCUT2D eigenvalue weighted by Crippen LogP contribution is 2.26. The fourth-order valence-corrected chi connectivity index (χ4v) is 4.02. The minimum Gasteiger partial charge on any atom is -0.489 e. The topological polar surface area (TPSA) is 103 Å². The molecule has 0 bridgehead atoms. The van der Waals surface area contributed by atoms with Crippen molar-refractivity contribution in [2.45, 2.75) is 13.5 Å². The number of amides is 1. The molecule has 0 aliphatic rings. The van der Waals surface area contributed by atoms with E-state index in [4.69, 9.17) is 14.2 Å². The maximum absolute atomic E-state index is 12.8. The number of nitrogens with zero attached hydrogens (tertiary/aromatic N) is 1. The molecule has 0 aromatic heterocycles. The fourth-order valence-electron chi connectivity index (χ4n) is 4.02. The Hall–Kier alpha value is -6.02. The van der Waals surface area contributed by atoms with E-state index in [0.717, 1.165) is 5.56 Å². The van der Waals surface area contributed by atoms with Gasteiger partial charge in [0.05, 0.1) is 17.3 Å². The average Bonchev–Trinajstić information content (AvgIpc) is 3.06. The number of nitrogens with one attached hydrogen (secondary N) is 1. The van der Waals surface area contributed by atoms with Crippen molar-refractivity contribution in [3.05, 3.63) is 161 Å². The Morgan fingerprint density at radius 2 is 1.25 bits per heavy atom. The van der Waals surface area contributed by atoms with Gasteiger partial charge in [0, 0.05) is 17.2 Å². The van der Waals surface area contributed by atoms with E-state index in [2.05, 4.69) is 10.5 Å². The van der Waals surface area contributed by atoms with Gasteiger partial charge >= 0.3 is 11.9 Å². The minimum absolute atomic E-state index is 0.0882. The zero-order valence-electron chi connectivity index (χ0n) is 23.8. The standard InChI is InChI=1S/C36H28N2O6/c1-25-12-14-26(15-13-25)24-42-31-19-16-27(17-20-31)34(39)38-37-23-30-18-21-32(43-35(40)28-8-4-2-5-9-28)22-33(30)44-36(41)29-10-6-3-7-11-29/h2-23H,24H2,1H3,(H,38,39). The van der Waals surface area contributed by atoms with E-state index in [1.807, 2.05) is 31.2 Å². The third-order valence-electron chi connectivity index (χ3n) is 6.43. The maximum atomic E-state index is 12.8. The predicted octanol–water partition coefficient (Wildman–Crippen LogP) is 6.78. The van der Waals surface area contributed by atoms with Crippen LogP contribution in [0.15, 0.2) is 132 Å². The van der Waals surface area contributed by atoms with E-state index in [1.165, 1.54) is 17.8 Å². The van der Waals surface area contributed by atoms with Gasteiger partial charge in [0.25, 0.3) is 5.91 Å². The molecular weight excluding hydrogens is 556 g/mol. The molecule has 1 N–H and O–H groups in total. The van der Waals surface area contributed by atoms with Gasteiger partial charge in [-0.1, -0.05) is 66.2 Å². The van der Waals surface area contributed by atoms with Gasteiger partial charge in [-0.05, 0) is 73.2 Å². The van der Waals surface area contributed by atoms with E-state index in [9.17, 15) is 14.4 Å². The van der Waals surface area contributed by atoms with Gasteiger partial charge in [0.2, 0.25) is 0 Å². The molecule has 5 aromatic carbocycles. The molecule has 0 heterocycles. The summed E-state index contributed by atoms with van der Waals surface area (Å²) < 4.78 is 16.9. The molecule has 5 rings (SSSR count). The first-order valence-corrected chi connectivity index (χ1v) is 13.7. The van der Waals surface area contributed by atoms with Crippen LogP contribution in [0.3, 0.4) is 0 Å². The van der Waals surface area contributed by atoms with Gasteiger partial charge in [-0.3, -0.25) is 4.79 Å². The number of esters is 2. The lowest BCUT2D eigenvalue weighted by Gasteiger charge is -2.11. The molecule has 0 fully saturated rings. The van der Waals surface area contributed by atoms with Crippen molar-refractivity contribution in [2.24, 2.45) is 5.10 Å². The second-order valence-corrected chi connectivity index (χ2v) is 9.71. The van der Waals surface area contributed by atoms with Gasteiger partial charge in [-0.25, -0.2) is 15.0 Å². The summed E-state index contributed by atoms with van der Waals surface area (Å²) in [6, 6.07) is 36.3. The Bertz CT molecular complexity index is 1770. The molecule has 0 aliphatic heterocycles. The van der Waals surface area contributed by atoms with Crippen LogP contribution in [0.5, 0.6) is 17.2 Å². The highest BCUT2D eigenvalue weighted by molar-refractivity contribution is 5.96. The van der Waals surface area contributed by atoms with Crippen LogP contribution in [0.2, 0.25) is 0 Å². The third-order valence-corrected chi connectivity index (χ3v) is 6.43. The summed E-state index contributed by atoms with van der Waals surface area (Å²) in [7, 11) is 0. The largest absolute Gasteiger partial charge is 0.489 e. The lowest BCUT2D eigenvalue weighted by atomic mass is 10.2. The van der Waals surface area contributed by atoms with Crippen molar-refractivity contribution in [2.75, 3.05) is 0 Å². The number of carbonyl (C=O) groups excluding carboxylic acids is 3. The smallest absolute Gasteiger partial charge is 0.343 e. The number of rotatable bonds is 10. The number of hydrogen-bond donors (Lipinski definition) is 1. The second kappa shape index (κ2) is 14.2. The Balaban J connectivity index is 1.26. The zero-order chi connectivity index (χ0) is 30.7. The van der Waals surface area contributed by atoms with Gasteiger partial charge in [-0.2, -0.15) is 5.10 Å². The first-order chi connectivity index (χ1) is 21.4. The summed E-state index contributed by atoms with van der Waals surface area (Å²) in [5.74, 6) is -0.733. The summed E-state index contributed by atoms with van der Waals surface area (Å²) in [4.78, 5) is 38.1. The molecule has 5 aromatic rings. The summed E-state index contributed by atoms with van der Waals surface area (Å²) in [6.07, 6.45) is 1.34. The molecule has 0 saturated carbocycles. The molecule has 218 valence electrons. The molecule has 0 aliphatic carbocycles. The zero-order valence-corrected chi connectivity index (χ0v) is 23.8. The monoisotopic (exact) mass is 584 g/mol. The van der Waals surface area contributed by atoms with E-state index >= 15 is 0 Å². The van der Waals surface area contributed by atoms with E-state index in [0.29, 0.717) is 34.6 Å². The first-order valence-electron chi connectivity index (χ1n) is 13.7. The van der Waals surface area contributed by atoms with Crippen LogP contribution in [0, 0.1) is 6.92 Å². The molecule has 0 spiro atoms. The molecule has 44 heavy (non-hydrogen) atoms. The molecule has 8 nitrogen and oxygen atoms in total. The third kappa shape index (κ3) is 8.04. The predicted molar refractivity (Wildman–Crippen MR) is 166 cm³/mol. The van der Waals surface area contributed by atoms with Crippen molar-refractivity contribution < 1.29 is 28.6 Å².